The molecule has 2 rings (SSSR count). The largest absolute Gasteiger partial charge is 0.385 e. The Morgan fingerprint density at radius 3 is 2.47 bits per heavy atom. The zero-order chi connectivity index (χ0) is 21.8. The summed E-state index contributed by atoms with van der Waals surface area (Å²) in [5.41, 5.74) is 2.22. The van der Waals surface area contributed by atoms with Crippen LogP contribution in [0, 0.1) is 0 Å². The number of hydrogen-bond donors (Lipinski definition) is 1. The van der Waals surface area contributed by atoms with Crippen LogP contribution in [0.1, 0.15) is 51.2 Å². The Balaban J connectivity index is 2.04. The first-order valence-corrected chi connectivity index (χ1v) is 11.1. The highest BCUT2D eigenvalue weighted by atomic mass is 32.1. The molecule has 0 fully saturated rings. The van der Waals surface area contributed by atoms with Gasteiger partial charge in [-0.15, -0.1) is 11.3 Å². The molecule has 1 aromatic heterocycles. The molecule has 0 aliphatic rings. The minimum absolute atomic E-state index is 0.0467. The fourth-order valence-corrected chi connectivity index (χ4v) is 3.67. The number of carbonyl (C=O) groups is 2. The van der Waals surface area contributed by atoms with Crippen molar-refractivity contribution < 1.29 is 19.1 Å². The number of aryl methyl sites for hydroxylation is 1. The number of aromatic nitrogens is 1. The van der Waals surface area contributed by atoms with Crippen molar-refractivity contribution in [1.82, 2.24) is 15.2 Å². The van der Waals surface area contributed by atoms with E-state index in [9.17, 15) is 9.59 Å². The first-order chi connectivity index (χ1) is 14.6. The number of nitrogens with zero attached hydrogens (tertiary/aromatic N) is 2. The standard InChI is InChI=1S/C22H31N3O4S/c1-4-17-7-9-18(10-8-17)22(27)25(12-6-14-29-3)15-20-24-19(16-30-20)21(26)23-11-5-13-28-2/h7-10,16H,4-6,11-15H2,1-3H3,(H,23,26). The maximum Gasteiger partial charge on any atom is 0.270 e. The van der Waals surface area contributed by atoms with Crippen molar-refractivity contribution in [3.05, 3.63) is 51.5 Å². The monoisotopic (exact) mass is 433 g/mol. The zero-order valence-electron chi connectivity index (χ0n) is 18.0. The molecule has 0 bridgehead atoms. The number of methoxy groups -OCH3 is 2. The second kappa shape index (κ2) is 13.1. The Bertz CT molecular complexity index is 792. The molecule has 0 aliphatic carbocycles. The van der Waals surface area contributed by atoms with Crippen LogP contribution in [0.3, 0.4) is 0 Å². The lowest BCUT2D eigenvalue weighted by Crippen LogP contribution is -2.32. The third-order valence-electron chi connectivity index (χ3n) is 4.59. The third kappa shape index (κ3) is 7.51. The van der Waals surface area contributed by atoms with Crippen molar-refractivity contribution in [3.8, 4) is 0 Å². The van der Waals surface area contributed by atoms with Crippen LogP contribution >= 0.6 is 11.3 Å². The highest BCUT2D eigenvalue weighted by molar-refractivity contribution is 7.09. The maximum atomic E-state index is 13.1. The van der Waals surface area contributed by atoms with E-state index in [2.05, 4.69) is 17.2 Å². The van der Waals surface area contributed by atoms with E-state index in [1.807, 2.05) is 24.3 Å². The summed E-state index contributed by atoms with van der Waals surface area (Å²) in [5, 5.41) is 5.29. The van der Waals surface area contributed by atoms with Gasteiger partial charge in [-0.1, -0.05) is 19.1 Å². The molecule has 30 heavy (non-hydrogen) atoms. The number of rotatable bonds is 13. The molecule has 0 aliphatic heterocycles. The Morgan fingerprint density at radius 1 is 1.10 bits per heavy atom. The molecule has 7 nitrogen and oxygen atoms in total. The van der Waals surface area contributed by atoms with E-state index >= 15 is 0 Å². The smallest absolute Gasteiger partial charge is 0.270 e. The summed E-state index contributed by atoms with van der Waals surface area (Å²) in [6.07, 6.45) is 2.41. The van der Waals surface area contributed by atoms with Gasteiger partial charge in [-0.3, -0.25) is 9.59 Å². The summed E-state index contributed by atoms with van der Waals surface area (Å²) in [6.45, 7) is 4.71. The number of hydrogen-bond acceptors (Lipinski definition) is 6. The third-order valence-corrected chi connectivity index (χ3v) is 5.43. The van der Waals surface area contributed by atoms with E-state index in [0.29, 0.717) is 44.1 Å². The van der Waals surface area contributed by atoms with E-state index in [0.717, 1.165) is 24.3 Å². The fourth-order valence-electron chi connectivity index (χ4n) is 2.88. The summed E-state index contributed by atoms with van der Waals surface area (Å²) in [7, 11) is 3.28. The molecule has 1 N–H and O–H groups in total. The summed E-state index contributed by atoms with van der Waals surface area (Å²) in [6, 6.07) is 7.70. The topological polar surface area (TPSA) is 80.8 Å². The molecule has 0 saturated carbocycles. The number of ether oxygens (including phenoxy) is 2. The van der Waals surface area contributed by atoms with Crippen molar-refractivity contribution in [2.24, 2.45) is 0 Å². The van der Waals surface area contributed by atoms with Gasteiger partial charge in [0.2, 0.25) is 0 Å². The minimum atomic E-state index is -0.207. The average molecular weight is 434 g/mol. The second-order valence-electron chi connectivity index (χ2n) is 6.85. The molecule has 2 aromatic rings. The Labute approximate surface area is 182 Å². The number of benzene rings is 1. The van der Waals surface area contributed by atoms with Gasteiger partial charge >= 0.3 is 0 Å². The van der Waals surface area contributed by atoms with E-state index in [1.54, 1.807) is 24.5 Å². The molecule has 0 unspecified atom stereocenters. The molecule has 0 radical (unpaired) electrons. The summed E-state index contributed by atoms with van der Waals surface area (Å²) >= 11 is 1.39. The van der Waals surface area contributed by atoms with Crippen LogP contribution in [0.15, 0.2) is 29.6 Å². The number of thiazole rings is 1. The van der Waals surface area contributed by atoms with Crippen molar-refractivity contribution >= 4 is 23.2 Å². The van der Waals surface area contributed by atoms with Gasteiger partial charge in [-0.25, -0.2) is 4.98 Å². The maximum absolute atomic E-state index is 13.1. The fraction of sp³-hybridized carbons (Fsp3) is 0.500. The molecule has 164 valence electrons. The SMILES string of the molecule is CCc1ccc(C(=O)N(CCCOC)Cc2nc(C(=O)NCCCOC)cs2)cc1. The van der Waals surface area contributed by atoms with E-state index < -0.39 is 0 Å². The van der Waals surface area contributed by atoms with Crippen LogP contribution in [0.2, 0.25) is 0 Å². The summed E-state index contributed by atoms with van der Waals surface area (Å²) < 4.78 is 10.1. The molecule has 8 heteroatoms. The van der Waals surface area contributed by atoms with Crippen LogP contribution in [-0.4, -0.2) is 62.2 Å². The zero-order valence-corrected chi connectivity index (χ0v) is 18.8. The van der Waals surface area contributed by atoms with Crippen LogP contribution < -0.4 is 5.32 Å². The molecule has 1 heterocycles. The van der Waals surface area contributed by atoms with Gasteiger partial charge < -0.3 is 19.7 Å². The van der Waals surface area contributed by atoms with Crippen LogP contribution in [0.5, 0.6) is 0 Å². The van der Waals surface area contributed by atoms with Crippen molar-refractivity contribution in [2.75, 3.05) is 40.5 Å². The minimum Gasteiger partial charge on any atom is -0.385 e. The van der Waals surface area contributed by atoms with E-state index in [4.69, 9.17) is 9.47 Å². The molecule has 0 spiro atoms. The predicted octanol–water partition coefficient (Wildman–Crippen LogP) is 3.15. The lowest BCUT2D eigenvalue weighted by atomic mass is 10.1. The lowest BCUT2D eigenvalue weighted by molar-refractivity contribution is 0.0723. The van der Waals surface area contributed by atoms with Crippen LogP contribution in [-0.2, 0) is 22.4 Å². The molecule has 0 saturated heterocycles. The molecule has 0 atom stereocenters. The molecular weight excluding hydrogens is 402 g/mol. The van der Waals surface area contributed by atoms with Crippen LogP contribution in [0.4, 0.5) is 0 Å². The summed E-state index contributed by atoms with van der Waals surface area (Å²) in [5.74, 6) is -0.254. The quantitative estimate of drug-likeness (QED) is 0.491. The highest BCUT2D eigenvalue weighted by Gasteiger charge is 2.19. The second-order valence-corrected chi connectivity index (χ2v) is 7.79. The first-order valence-electron chi connectivity index (χ1n) is 10.2. The van der Waals surface area contributed by atoms with Crippen molar-refractivity contribution in [1.29, 1.82) is 0 Å². The van der Waals surface area contributed by atoms with Gasteiger partial charge in [0.1, 0.15) is 10.7 Å². The van der Waals surface area contributed by atoms with Crippen molar-refractivity contribution in [3.63, 3.8) is 0 Å². The van der Waals surface area contributed by atoms with Gasteiger partial charge in [0.25, 0.3) is 11.8 Å². The molecule has 1 aromatic carbocycles. The first kappa shape index (κ1) is 24.0. The summed E-state index contributed by atoms with van der Waals surface area (Å²) in [4.78, 5) is 31.5. The van der Waals surface area contributed by atoms with Crippen LogP contribution in [0.25, 0.3) is 0 Å². The molecular formula is C22H31N3O4S. The highest BCUT2D eigenvalue weighted by Crippen LogP contribution is 2.16. The van der Waals surface area contributed by atoms with Gasteiger partial charge in [-0.05, 0) is 37.0 Å². The van der Waals surface area contributed by atoms with Gasteiger partial charge in [0, 0.05) is 51.5 Å². The van der Waals surface area contributed by atoms with Crippen molar-refractivity contribution in [2.45, 2.75) is 32.7 Å². The average Bonchev–Trinajstić information content (AvgIpc) is 3.24. The number of amides is 2. The van der Waals surface area contributed by atoms with Gasteiger partial charge in [-0.2, -0.15) is 0 Å². The Kier molecular flexibility index (Phi) is 10.5. The Morgan fingerprint density at radius 2 is 1.80 bits per heavy atom. The lowest BCUT2D eigenvalue weighted by Gasteiger charge is -2.22. The van der Waals surface area contributed by atoms with E-state index in [-0.39, 0.29) is 11.8 Å². The van der Waals surface area contributed by atoms with Gasteiger partial charge in [0.15, 0.2) is 0 Å². The Hall–Kier alpha value is -2.29. The number of carbonyl (C=O) groups excluding carboxylic acids is 2. The van der Waals surface area contributed by atoms with E-state index in [1.165, 1.54) is 16.9 Å². The predicted molar refractivity (Wildman–Crippen MR) is 118 cm³/mol. The molecule has 2 amide bonds. The van der Waals surface area contributed by atoms with Gasteiger partial charge in [0.05, 0.1) is 6.54 Å². The normalized spacial score (nSPS) is 10.8. The number of nitrogens with one attached hydrogen (secondary N) is 1.